The summed E-state index contributed by atoms with van der Waals surface area (Å²) in [6.07, 6.45) is 3.48. The first kappa shape index (κ1) is 27.3. The Bertz CT molecular complexity index is 1560. The van der Waals surface area contributed by atoms with Crippen LogP contribution in [0.25, 0.3) is 16.9 Å². The molecule has 6 rings (SSSR count). The summed E-state index contributed by atoms with van der Waals surface area (Å²) >= 11 is 0. The molecule has 1 fully saturated rings. The first-order valence-electron chi connectivity index (χ1n) is 14.1. The van der Waals surface area contributed by atoms with Crippen LogP contribution in [-0.2, 0) is 9.53 Å². The molecule has 4 aromatic rings. The van der Waals surface area contributed by atoms with E-state index in [1.165, 1.54) is 4.90 Å². The number of carbonyl (C=O) groups excluding carboxylic acids is 2. The third kappa shape index (κ3) is 6.08. The number of anilines is 1. The topological polar surface area (TPSA) is 104 Å². The van der Waals surface area contributed by atoms with E-state index >= 15 is 0 Å². The monoisotopic (exact) mass is 568 g/mol. The van der Waals surface area contributed by atoms with Gasteiger partial charge >= 0.3 is 0 Å². The van der Waals surface area contributed by atoms with Crippen LogP contribution in [-0.4, -0.2) is 65.5 Å². The standard InChI is InChI=1S/C32H32N4O6/c1-2-39-25-11-6-10-24(17-25)36-19-27(22-8-4-3-5-9-22)33-32(36)34-30(37)20-35(18-26-12-7-15-40-26)31(38)23-13-14-28-29(16-23)42-21-41-28/h3-6,8-11,13-14,16-17,19,26H,2,7,12,15,18,20-21H2,1H3,(H,33,34,37)/t26-/m1/s1. The molecule has 0 aliphatic carbocycles. The van der Waals surface area contributed by atoms with Crippen LogP contribution < -0.4 is 19.5 Å². The van der Waals surface area contributed by atoms with Gasteiger partial charge in [-0.3, -0.25) is 19.5 Å². The number of imidazole rings is 1. The number of amides is 2. The van der Waals surface area contributed by atoms with Crippen LogP contribution in [0.5, 0.6) is 17.2 Å². The summed E-state index contributed by atoms with van der Waals surface area (Å²) in [5, 5.41) is 2.95. The Labute approximate surface area is 243 Å². The Morgan fingerprint density at radius 2 is 1.90 bits per heavy atom. The molecule has 10 heteroatoms. The van der Waals surface area contributed by atoms with Gasteiger partial charge in [0, 0.05) is 36.5 Å². The normalized spacial score (nSPS) is 15.4. The Kier molecular flexibility index (Phi) is 8.05. The van der Waals surface area contributed by atoms with Crippen molar-refractivity contribution in [2.24, 2.45) is 0 Å². The molecule has 2 aliphatic rings. The number of benzene rings is 3. The molecule has 1 N–H and O–H groups in total. The minimum absolute atomic E-state index is 0.111. The van der Waals surface area contributed by atoms with Crippen molar-refractivity contribution < 1.29 is 28.5 Å². The number of ether oxygens (including phenoxy) is 4. The van der Waals surface area contributed by atoms with Gasteiger partial charge in [0.15, 0.2) is 11.5 Å². The molecular weight excluding hydrogens is 536 g/mol. The highest BCUT2D eigenvalue weighted by Crippen LogP contribution is 2.33. The smallest absolute Gasteiger partial charge is 0.254 e. The summed E-state index contributed by atoms with van der Waals surface area (Å²) in [6, 6.07) is 22.4. The van der Waals surface area contributed by atoms with Gasteiger partial charge in [-0.1, -0.05) is 36.4 Å². The minimum atomic E-state index is -0.380. The van der Waals surface area contributed by atoms with E-state index in [0.29, 0.717) is 54.2 Å². The van der Waals surface area contributed by atoms with E-state index in [1.807, 2.05) is 72.3 Å². The van der Waals surface area contributed by atoms with Gasteiger partial charge in [-0.15, -0.1) is 0 Å². The van der Waals surface area contributed by atoms with Crippen molar-refractivity contribution in [3.05, 3.63) is 84.6 Å². The second kappa shape index (κ2) is 12.4. The Hall–Kier alpha value is -4.83. The molecule has 1 aromatic heterocycles. The number of rotatable bonds is 10. The fraction of sp³-hybridized carbons (Fsp3) is 0.281. The third-order valence-electron chi connectivity index (χ3n) is 7.12. The molecule has 3 aromatic carbocycles. The maximum atomic E-state index is 13.7. The summed E-state index contributed by atoms with van der Waals surface area (Å²) in [7, 11) is 0. The molecule has 216 valence electrons. The van der Waals surface area contributed by atoms with Gasteiger partial charge in [-0.2, -0.15) is 0 Å². The van der Waals surface area contributed by atoms with E-state index in [4.69, 9.17) is 23.9 Å². The van der Waals surface area contributed by atoms with E-state index in [2.05, 4.69) is 5.32 Å². The Balaban J connectivity index is 1.27. The van der Waals surface area contributed by atoms with Crippen molar-refractivity contribution in [1.82, 2.24) is 14.5 Å². The molecule has 3 heterocycles. The van der Waals surface area contributed by atoms with E-state index < -0.39 is 0 Å². The van der Waals surface area contributed by atoms with Crippen LogP contribution >= 0.6 is 0 Å². The van der Waals surface area contributed by atoms with Crippen LogP contribution in [0.2, 0.25) is 0 Å². The van der Waals surface area contributed by atoms with Gasteiger partial charge in [0.2, 0.25) is 18.6 Å². The number of hydrogen-bond donors (Lipinski definition) is 1. The lowest BCUT2D eigenvalue weighted by Crippen LogP contribution is -2.42. The Morgan fingerprint density at radius 3 is 2.71 bits per heavy atom. The summed E-state index contributed by atoms with van der Waals surface area (Å²) in [5.74, 6) is 1.46. The summed E-state index contributed by atoms with van der Waals surface area (Å²) in [6.45, 7) is 3.32. The molecule has 2 aliphatic heterocycles. The lowest BCUT2D eigenvalue weighted by atomic mass is 10.1. The van der Waals surface area contributed by atoms with Crippen molar-refractivity contribution in [1.29, 1.82) is 0 Å². The quantitative estimate of drug-likeness (QED) is 0.289. The van der Waals surface area contributed by atoms with Gasteiger partial charge in [-0.25, -0.2) is 4.98 Å². The molecular formula is C32H32N4O6. The second-order valence-corrected chi connectivity index (χ2v) is 10.1. The summed E-state index contributed by atoms with van der Waals surface area (Å²) < 4.78 is 24.2. The predicted octanol–water partition coefficient (Wildman–Crippen LogP) is 4.93. The second-order valence-electron chi connectivity index (χ2n) is 10.1. The molecule has 42 heavy (non-hydrogen) atoms. The number of nitrogens with zero attached hydrogens (tertiary/aromatic N) is 3. The fourth-order valence-electron chi connectivity index (χ4n) is 5.11. The van der Waals surface area contributed by atoms with E-state index in [-0.39, 0.29) is 31.3 Å². The van der Waals surface area contributed by atoms with Crippen LogP contribution in [0.3, 0.4) is 0 Å². The average Bonchev–Trinajstić information content (AvgIpc) is 3.78. The molecule has 0 bridgehead atoms. The molecule has 10 nitrogen and oxygen atoms in total. The molecule has 2 amide bonds. The van der Waals surface area contributed by atoms with Gasteiger partial charge in [0.25, 0.3) is 5.91 Å². The molecule has 0 saturated carbocycles. The number of nitrogens with one attached hydrogen (secondary N) is 1. The highest BCUT2D eigenvalue weighted by atomic mass is 16.7. The maximum Gasteiger partial charge on any atom is 0.254 e. The minimum Gasteiger partial charge on any atom is -0.494 e. The molecule has 0 spiro atoms. The van der Waals surface area contributed by atoms with Crippen molar-refractivity contribution in [2.75, 3.05) is 38.4 Å². The van der Waals surface area contributed by atoms with E-state index in [1.54, 1.807) is 18.2 Å². The lowest BCUT2D eigenvalue weighted by molar-refractivity contribution is -0.117. The van der Waals surface area contributed by atoms with Crippen molar-refractivity contribution in [2.45, 2.75) is 25.9 Å². The zero-order chi connectivity index (χ0) is 28.9. The lowest BCUT2D eigenvalue weighted by Gasteiger charge is -2.25. The first-order chi connectivity index (χ1) is 20.6. The molecule has 1 atom stereocenters. The number of hydrogen-bond acceptors (Lipinski definition) is 7. The van der Waals surface area contributed by atoms with E-state index in [9.17, 15) is 9.59 Å². The molecule has 0 unspecified atom stereocenters. The van der Waals surface area contributed by atoms with Gasteiger partial charge < -0.3 is 23.8 Å². The third-order valence-corrected chi connectivity index (χ3v) is 7.12. The fourth-order valence-corrected chi connectivity index (χ4v) is 5.11. The van der Waals surface area contributed by atoms with Crippen molar-refractivity contribution in [3.8, 4) is 34.2 Å². The first-order valence-corrected chi connectivity index (χ1v) is 14.1. The van der Waals surface area contributed by atoms with Crippen LogP contribution in [0, 0.1) is 0 Å². The van der Waals surface area contributed by atoms with Crippen LogP contribution in [0.1, 0.15) is 30.1 Å². The number of fused-ring (bicyclic) bond motifs is 1. The zero-order valence-electron chi connectivity index (χ0n) is 23.3. The summed E-state index contributed by atoms with van der Waals surface area (Å²) in [4.78, 5) is 33.5. The van der Waals surface area contributed by atoms with Crippen molar-refractivity contribution >= 4 is 17.8 Å². The number of carbonyl (C=O) groups is 2. The van der Waals surface area contributed by atoms with E-state index in [0.717, 1.165) is 24.1 Å². The highest BCUT2D eigenvalue weighted by Gasteiger charge is 2.27. The SMILES string of the molecule is CCOc1cccc(-n2cc(-c3ccccc3)nc2NC(=O)CN(C[C@H]2CCCO2)C(=O)c2ccc3c(c2)OCO3)c1. The Morgan fingerprint density at radius 1 is 1.05 bits per heavy atom. The summed E-state index contributed by atoms with van der Waals surface area (Å²) in [5.41, 5.74) is 2.79. The zero-order valence-corrected chi connectivity index (χ0v) is 23.3. The molecule has 0 radical (unpaired) electrons. The van der Waals surface area contributed by atoms with Gasteiger partial charge in [-0.05, 0) is 50.1 Å². The molecule has 1 saturated heterocycles. The van der Waals surface area contributed by atoms with Crippen molar-refractivity contribution in [3.63, 3.8) is 0 Å². The highest BCUT2D eigenvalue weighted by molar-refractivity contribution is 5.99. The average molecular weight is 569 g/mol. The van der Waals surface area contributed by atoms with Crippen LogP contribution in [0.15, 0.2) is 79.0 Å². The number of aromatic nitrogens is 2. The maximum absolute atomic E-state index is 13.7. The largest absolute Gasteiger partial charge is 0.494 e. The van der Waals surface area contributed by atoms with Gasteiger partial charge in [0.1, 0.15) is 12.3 Å². The van der Waals surface area contributed by atoms with Gasteiger partial charge in [0.05, 0.1) is 24.1 Å². The van der Waals surface area contributed by atoms with Crippen LogP contribution in [0.4, 0.5) is 5.95 Å². The predicted molar refractivity (Wildman–Crippen MR) is 156 cm³/mol.